The molecule has 0 N–H and O–H groups in total. The molecule has 0 aliphatic rings. The summed E-state index contributed by atoms with van der Waals surface area (Å²) in [5.41, 5.74) is -0.740. The lowest BCUT2D eigenvalue weighted by molar-refractivity contribution is -0.180. The SMILES string of the molecule is CC(C)(c1ccc(-c2noc(-c3ccc(=O)n(Cc4ccnc(Cl)c4)n3)n2)cc1)C(F)(F)F. The van der Waals surface area contributed by atoms with E-state index >= 15 is 0 Å². The zero-order chi connectivity index (χ0) is 23.8. The Bertz CT molecular complexity index is 1350. The van der Waals surface area contributed by atoms with Crippen molar-refractivity contribution in [1.82, 2.24) is 24.9 Å². The average Bonchev–Trinajstić information content (AvgIpc) is 3.25. The summed E-state index contributed by atoms with van der Waals surface area (Å²) in [7, 11) is 0. The van der Waals surface area contributed by atoms with Gasteiger partial charge in [0.2, 0.25) is 5.82 Å². The maximum absolute atomic E-state index is 13.3. The minimum atomic E-state index is -4.38. The number of rotatable bonds is 5. The first-order valence-electron chi connectivity index (χ1n) is 9.75. The smallest absolute Gasteiger partial charge is 0.332 e. The molecule has 170 valence electrons. The topological polar surface area (TPSA) is 86.7 Å². The largest absolute Gasteiger partial charge is 0.397 e. The van der Waals surface area contributed by atoms with Crippen LogP contribution in [0.3, 0.4) is 0 Å². The van der Waals surface area contributed by atoms with Gasteiger partial charge in [0.1, 0.15) is 10.8 Å². The van der Waals surface area contributed by atoms with Crippen LogP contribution in [0.5, 0.6) is 0 Å². The molecule has 0 spiro atoms. The highest BCUT2D eigenvalue weighted by molar-refractivity contribution is 6.29. The van der Waals surface area contributed by atoms with Crippen molar-refractivity contribution in [3.63, 3.8) is 0 Å². The number of pyridine rings is 1. The van der Waals surface area contributed by atoms with Gasteiger partial charge in [0.25, 0.3) is 11.4 Å². The number of nitrogens with zero attached hydrogens (tertiary/aromatic N) is 5. The van der Waals surface area contributed by atoms with Crippen molar-refractivity contribution in [3.05, 3.63) is 81.4 Å². The standard InChI is InChI=1S/C22H17ClF3N5O2/c1-21(2,22(24,25)26)15-5-3-14(4-6-15)19-28-20(33-30-19)16-7-8-18(32)31(29-16)12-13-9-10-27-17(23)11-13/h3-11H,12H2,1-2H3. The van der Waals surface area contributed by atoms with E-state index < -0.39 is 11.6 Å². The van der Waals surface area contributed by atoms with Gasteiger partial charge in [0.05, 0.1) is 12.0 Å². The third-order valence-electron chi connectivity index (χ3n) is 5.21. The number of halogens is 4. The van der Waals surface area contributed by atoms with Crippen molar-refractivity contribution in [2.24, 2.45) is 0 Å². The Morgan fingerprint density at radius 1 is 1.06 bits per heavy atom. The molecule has 0 saturated heterocycles. The van der Waals surface area contributed by atoms with Crippen LogP contribution in [0.2, 0.25) is 5.15 Å². The molecule has 0 aliphatic heterocycles. The first kappa shape index (κ1) is 22.7. The summed E-state index contributed by atoms with van der Waals surface area (Å²) in [6.07, 6.45) is -2.86. The van der Waals surface area contributed by atoms with E-state index in [9.17, 15) is 18.0 Å². The maximum atomic E-state index is 13.3. The first-order chi connectivity index (χ1) is 15.5. The zero-order valence-corrected chi connectivity index (χ0v) is 18.2. The fourth-order valence-electron chi connectivity index (χ4n) is 3.03. The number of alkyl halides is 3. The second kappa shape index (κ2) is 8.43. The number of aromatic nitrogens is 5. The van der Waals surface area contributed by atoms with Crippen LogP contribution < -0.4 is 5.56 Å². The van der Waals surface area contributed by atoms with Crippen LogP contribution in [-0.2, 0) is 12.0 Å². The molecule has 0 aliphatic carbocycles. The predicted octanol–water partition coefficient (Wildman–Crippen LogP) is 4.90. The second-order valence-corrected chi connectivity index (χ2v) is 8.21. The maximum Gasteiger partial charge on any atom is 0.397 e. The molecule has 0 radical (unpaired) electrons. The van der Waals surface area contributed by atoms with Crippen LogP contribution in [0.4, 0.5) is 13.2 Å². The normalized spacial score (nSPS) is 12.2. The fourth-order valence-corrected chi connectivity index (χ4v) is 3.23. The summed E-state index contributed by atoms with van der Waals surface area (Å²) >= 11 is 5.89. The van der Waals surface area contributed by atoms with Gasteiger partial charge in [-0.25, -0.2) is 9.67 Å². The van der Waals surface area contributed by atoms with E-state index in [1.54, 1.807) is 12.1 Å². The minimum Gasteiger partial charge on any atom is -0.332 e. The molecular formula is C22H17ClF3N5O2. The van der Waals surface area contributed by atoms with Crippen molar-refractivity contribution < 1.29 is 17.7 Å². The molecule has 1 aromatic carbocycles. The molecule has 0 saturated carbocycles. The summed E-state index contributed by atoms with van der Waals surface area (Å²) in [6.45, 7) is 2.40. The van der Waals surface area contributed by atoms with Gasteiger partial charge in [-0.3, -0.25) is 4.79 Å². The lowest BCUT2D eigenvalue weighted by Gasteiger charge is -2.28. The first-order valence-corrected chi connectivity index (χ1v) is 10.1. The molecule has 3 heterocycles. The molecule has 0 amide bonds. The zero-order valence-electron chi connectivity index (χ0n) is 17.5. The highest BCUT2D eigenvalue weighted by Gasteiger charge is 2.48. The van der Waals surface area contributed by atoms with Gasteiger partial charge in [-0.05, 0) is 43.2 Å². The molecule has 0 unspecified atom stereocenters. The molecule has 11 heteroatoms. The Kier molecular flexibility index (Phi) is 5.79. The highest BCUT2D eigenvalue weighted by atomic mass is 35.5. The van der Waals surface area contributed by atoms with Crippen LogP contribution in [0, 0.1) is 0 Å². The third kappa shape index (κ3) is 4.65. The van der Waals surface area contributed by atoms with E-state index in [0.29, 0.717) is 10.7 Å². The molecule has 33 heavy (non-hydrogen) atoms. The molecule has 0 fully saturated rings. The van der Waals surface area contributed by atoms with Crippen molar-refractivity contribution in [2.75, 3.05) is 0 Å². The molecule has 4 aromatic rings. The van der Waals surface area contributed by atoms with Crippen LogP contribution in [0.15, 0.2) is 64.0 Å². The Hall–Kier alpha value is -3.53. The quantitative estimate of drug-likeness (QED) is 0.382. The van der Waals surface area contributed by atoms with E-state index in [1.165, 1.54) is 47.3 Å². The van der Waals surface area contributed by atoms with Gasteiger partial charge in [-0.2, -0.15) is 23.3 Å². The summed E-state index contributed by atoms with van der Waals surface area (Å²) in [5, 5.41) is 8.45. The molecule has 7 nitrogen and oxygen atoms in total. The predicted molar refractivity (Wildman–Crippen MR) is 115 cm³/mol. The summed E-state index contributed by atoms with van der Waals surface area (Å²) < 4.78 is 46.3. The number of hydrogen-bond donors (Lipinski definition) is 0. The molecule has 0 atom stereocenters. The van der Waals surface area contributed by atoms with Crippen LogP contribution in [0.1, 0.15) is 25.0 Å². The van der Waals surface area contributed by atoms with E-state index in [1.807, 2.05) is 0 Å². The average molecular weight is 476 g/mol. The van der Waals surface area contributed by atoms with Gasteiger partial charge in [-0.15, -0.1) is 0 Å². The van der Waals surface area contributed by atoms with Crippen LogP contribution in [-0.4, -0.2) is 31.1 Å². The van der Waals surface area contributed by atoms with E-state index in [0.717, 1.165) is 19.4 Å². The summed E-state index contributed by atoms with van der Waals surface area (Å²) in [4.78, 5) is 20.4. The third-order valence-corrected chi connectivity index (χ3v) is 5.42. The van der Waals surface area contributed by atoms with Crippen molar-refractivity contribution in [1.29, 1.82) is 0 Å². The number of hydrogen-bond acceptors (Lipinski definition) is 6. The van der Waals surface area contributed by atoms with Gasteiger partial charge in [0.15, 0.2) is 0 Å². The second-order valence-electron chi connectivity index (χ2n) is 7.82. The Balaban J connectivity index is 1.59. The minimum absolute atomic E-state index is 0.0613. The summed E-state index contributed by atoms with van der Waals surface area (Å²) in [5.74, 6) is 0.244. The Morgan fingerprint density at radius 2 is 1.79 bits per heavy atom. The molecule has 0 bridgehead atoms. The fraction of sp³-hybridized carbons (Fsp3) is 0.227. The van der Waals surface area contributed by atoms with E-state index in [2.05, 4.69) is 20.2 Å². The van der Waals surface area contributed by atoms with Gasteiger partial charge < -0.3 is 4.52 Å². The monoisotopic (exact) mass is 475 g/mol. The highest BCUT2D eigenvalue weighted by Crippen LogP contribution is 2.40. The Morgan fingerprint density at radius 3 is 2.45 bits per heavy atom. The lowest BCUT2D eigenvalue weighted by atomic mass is 9.83. The van der Waals surface area contributed by atoms with E-state index in [-0.39, 0.29) is 35.1 Å². The van der Waals surface area contributed by atoms with Gasteiger partial charge in [-0.1, -0.05) is 41.0 Å². The lowest BCUT2D eigenvalue weighted by Crippen LogP contribution is -2.36. The van der Waals surface area contributed by atoms with E-state index in [4.69, 9.17) is 16.1 Å². The van der Waals surface area contributed by atoms with Gasteiger partial charge >= 0.3 is 6.18 Å². The molecular weight excluding hydrogens is 459 g/mol. The van der Waals surface area contributed by atoms with Gasteiger partial charge in [0, 0.05) is 17.8 Å². The van der Waals surface area contributed by atoms with Crippen molar-refractivity contribution in [2.45, 2.75) is 32.0 Å². The van der Waals surface area contributed by atoms with Crippen molar-refractivity contribution in [3.8, 4) is 23.0 Å². The Labute approximate surface area is 190 Å². The van der Waals surface area contributed by atoms with Crippen molar-refractivity contribution >= 4 is 11.6 Å². The van der Waals surface area contributed by atoms with Crippen LogP contribution >= 0.6 is 11.6 Å². The molecule has 3 aromatic heterocycles. The summed E-state index contributed by atoms with van der Waals surface area (Å²) in [6, 6.07) is 11.9. The number of benzene rings is 1. The molecule has 4 rings (SSSR count). The van der Waals surface area contributed by atoms with Crippen LogP contribution in [0.25, 0.3) is 23.0 Å².